The number of rotatable bonds is 3. The predicted molar refractivity (Wildman–Crippen MR) is 74.0 cm³/mol. The van der Waals surface area contributed by atoms with Gasteiger partial charge in [-0.15, -0.1) is 0 Å². The van der Waals surface area contributed by atoms with E-state index >= 15 is 0 Å². The lowest BCUT2D eigenvalue weighted by atomic mass is 10.0. The van der Waals surface area contributed by atoms with E-state index in [2.05, 4.69) is 47.0 Å². The summed E-state index contributed by atoms with van der Waals surface area (Å²) in [5.74, 6) is -0.406. The minimum Gasteiger partial charge on any atom is -0.368 e. The molecule has 0 saturated carbocycles. The second-order valence-corrected chi connectivity index (χ2v) is 5.14. The first kappa shape index (κ1) is 12.8. The molecule has 0 aliphatic carbocycles. The number of hydrogen-bond acceptors (Lipinski definition) is 2. The molecule has 1 heterocycles. The molecule has 1 aromatic carbocycles. The zero-order valence-electron chi connectivity index (χ0n) is 10.3. The van der Waals surface area contributed by atoms with Crippen LogP contribution in [-0.4, -0.2) is 15.7 Å². The van der Waals surface area contributed by atoms with E-state index in [4.69, 9.17) is 5.73 Å². The van der Waals surface area contributed by atoms with Gasteiger partial charge in [0.2, 0.25) is 5.91 Å². The van der Waals surface area contributed by atoms with Gasteiger partial charge in [0.15, 0.2) is 0 Å². The van der Waals surface area contributed by atoms with Gasteiger partial charge in [0.1, 0.15) is 12.2 Å². The van der Waals surface area contributed by atoms with Gasteiger partial charge in [-0.05, 0) is 47.0 Å². The second-order valence-electron chi connectivity index (χ2n) is 4.29. The van der Waals surface area contributed by atoms with Crippen LogP contribution >= 0.6 is 15.9 Å². The number of carbonyl (C=O) groups is 1. The highest BCUT2D eigenvalue weighted by molar-refractivity contribution is 9.10. The molecule has 2 N–H and O–H groups in total. The highest BCUT2D eigenvalue weighted by Crippen LogP contribution is 2.27. The number of carbonyl (C=O) groups excluding carboxylic acids is 1. The van der Waals surface area contributed by atoms with E-state index in [0.717, 1.165) is 15.7 Å². The smallest absolute Gasteiger partial charge is 0.239 e. The van der Waals surface area contributed by atoms with Crippen LogP contribution < -0.4 is 5.73 Å². The fourth-order valence-corrected chi connectivity index (χ4v) is 2.27. The molecular formula is C13H14BrN3O. The minimum absolute atomic E-state index is 0.0867. The van der Waals surface area contributed by atoms with Crippen molar-refractivity contribution in [3.63, 3.8) is 0 Å². The van der Waals surface area contributed by atoms with E-state index in [1.54, 1.807) is 6.20 Å². The van der Waals surface area contributed by atoms with Crippen molar-refractivity contribution in [2.45, 2.75) is 20.4 Å². The van der Waals surface area contributed by atoms with Crippen LogP contribution in [0.25, 0.3) is 11.3 Å². The summed E-state index contributed by atoms with van der Waals surface area (Å²) in [5, 5.41) is 4.36. The molecule has 18 heavy (non-hydrogen) atoms. The third-order valence-corrected chi connectivity index (χ3v) is 3.40. The lowest BCUT2D eigenvalue weighted by Gasteiger charge is -2.03. The summed E-state index contributed by atoms with van der Waals surface area (Å²) >= 11 is 3.45. The predicted octanol–water partition coefficient (Wildman–Crippen LogP) is 2.41. The summed E-state index contributed by atoms with van der Waals surface area (Å²) < 4.78 is 2.39. The van der Waals surface area contributed by atoms with E-state index in [1.165, 1.54) is 15.8 Å². The van der Waals surface area contributed by atoms with Crippen molar-refractivity contribution < 1.29 is 4.79 Å². The first-order chi connectivity index (χ1) is 8.47. The standard InChI is InChI=1S/C13H14BrN3O/c1-8-3-4-10(5-9(8)2)13-11(14)6-17(16-13)7-12(15)18/h3-6H,7H2,1-2H3,(H2,15,18). The van der Waals surface area contributed by atoms with Crippen LogP contribution in [0.5, 0.6) is 0 Å². The number of amides is 1. The number of nitrogens with two attached hydrogens (primary N) is 1. The summed E-state index contributed by atoms with van der Waals surface area (Å²) in [5.41, 5.74) is 9.45. The Balaban J connectivity index is 2.41. The van der Waals surface area contributed by atoms with Crippen molar-refractivity contribution in [2.75, 3.05) is 0 Å². The Bertz CT molecular complexity index is 604. The molecule has 2 aromatic rings. The fraction of sp³-hybridized carbons (Fsp3) is 0.231. The third-order valence-electron chi connectivity index (χ3n) is 2.82. The van der Waals surface area contributed by atoms with E-state index in [0.29, 0.717) is 0 Å². The first-order valence-corrected chi connectivity index (χ1v) is 6.35. The van der Waals surface area contributed by atoms with Gasteiger partial charge in [-0.3, -0.25) is 9.48 Å². The molecule has 0 saturated heterocycles. The Morgan fingerprint density at radius 2 is 2.11 bits per heavy atom. The van der Waals surface area contributed by atoms with Crippen LogP contribution in [0.1, 0.15) is 11.1 Å². The van der Waals surface area contributed by atoms with Crippen molar-refractivity contribution in [3.8, 4) is 11.3 Å². The zero-order valence-corrected chi connectivity index (χ0v) is 11.9. The quantitative estimate of drug-likeness (QED) is 0.946. The molecule has 0 fully saturated rings. The molecule has 2 rings (SSSR count). The van der Waals surface area contributed by atoms with Crippen LogP contribution in [0.3, 0.4) is 0 Å². The van der Waals surface area contributed by atoms with E-state index < -0.39 is 5.91 Å². The largest absolute Gasteiger partial charge is 0.368 e. The number of halogens is 1. The SMILES string of the molecule is Cc1ccc(-c2nn(CC(N)=O)cc2Br)cc1C. The molecule has 0 aliphatic heterocycles. The number of benzene rings is 1. The monoisotopic (exact) mass is 307 g/mol. The summed E-state index contributed by atoms with van der Waals surface area (Å²) in [6, 6.07) is 6.16. The van der Waals surface area contributed by atoms with E-state index in [9.17, 15) is 4.79 Å². The van der Waals surface area contributed by atoms with Crippen molar-refractivity contribution in [1.82, 2.24) is 9.78 Å². The minimum atomic E-state index is -0.406. The maximum atomic E-state index is 10.9. The molecule has 0 unspecified atom stereocenters. The van der Waals surface area contributed by atoms with Gasteiger partial charge < -0.3 is 5.73 Å². The molecule has 0 bridgehead atoms. The average molecular weight is 308 g/mol. The number of nitrogens with zero attached hydrogens (tertiary/aromatic N) is 2. The van der Waals surface area contributed by atoms with Crippen molar-refractivity contribution in [1.29, 1.82) is 0 Å². The Kier molecular flexibility index (Phi) is 3.52. The molecule has 0 aliphatic rings. The van der Waals surface area contributed by atoms with Crippen LogP contribution in [0.15, 0.2) is 28.9 Å². The Morgan fingerprint density at radius 1 is 1.39 bits per heavy atom. The van der Waals surface area contributed by atoms with Crippen molar-refractivity contribution in [3.05, 3.63) is 40.0 Å². The number of aromatic nitrogens is 2. The maximum absolute atomic E-state index is 10.9. The average Bonchev–Trinajstić information content (AvgIpc) is 2.62. The lowest BCUT2D eigenvalue weighted by molar-refractivity contribution is -0.118. The zero-order chi connectivity index (χ0) is 13.3. The summed E-state index contributed by atoms with van der Waals surface area (Å²) in [6.07, 6.45) is 1.76. The fourth-order valence-electron chi connectivity index (χ4n) is 1.72. The van der Waals surface area contributed by atoms with Gasteiger partial charge in [-0.1, -0.05) is 12.1 Å². The van der Waals surface area contributed by atoms with Crippen LogP contribution in [0, 0.1) is 13.8 Å². The second kappa shape index (κ2) is 4.94. The number of aryl methyl sites for hydroxylation is 2. The molecule has 0 atom stereocenters. The molecular weight excluding hydrogens is 294 g/mol. The van der Waals surface area contributed by atoms with Gasteiger partial charge >= 0.3 is 0 Å². The van der Waals surface area contributed by atoms with Gasteiger partial charge in [0.05, 0.1) is 4.47 Å². The molecule has 1 amide bonds. The van der Waals surface area contributed by atoms with E-state index in [-0.39, 0.29) is 6.54 Å². The van der Waals surface area contributed by atoms with Gasteiger partial charge in [-0.2, -0.15) is 5.10 Å². The van der Waals surface area contributed by atoms with Crippen molar-refractivity contribution in [2.24, 2.45) is 5.73 Å². The highest BCUT2D eigenvalue weighted by Gasteiger charge is 2.10. The topological polar surface area (TPSA) is 60.9 Å². The first-order valence-electron chi connectivity index (χ1n) is 5.56. The van der Waals surface area contributed by atoms with Crippen LogP contribution in [0.4, 0.5) is 0 Å². The summed E-state index contributed by atoms with van der Waals surface area (Å²) in [6.45, 7) is 4.22. The maximum Gasteiger partial charge on any atom is 0.239 e. The molecule has 4 nitrogen and oxygen atoms in total. The third kappa shape index (κ3) is 2.61. The Morgan fingerprint density at radius 3 is 2.72 bits per heavy atom. The van der Waals surface area contributed by atoms with Gasteiger partial charge in [-0.25, -0.2) is 0 Å². The molecule has 0 radical (unpaired) electrons. The molecule has 0 spiro atoms. The molecule has 1 aromatic heterocycles. The molecule has 94 valence electrons. The number of hydrogen-bond donors (Lipinski definition) is 1. The highest BCUT2D eigenvalue weighted by atomic mass is 79.9. The number of primary amides is 1. The Labute approximate surface area is 114 Å². The van der Waals surface area contributed by atoms with E-state index in [1.807, 2.05) is 6.07 Å². The van der Waals surface area contributed by atoms with Gasteiger partial charge in [0, 0.05) is 11.8 Å². The lowest BCUT2D eigenvalue weighted by Crippen LogP contribution is -2.18. The van der Waals surface area contributed by atoms with Crippen LogP contribution in [0.2, 0.25) is 0 Å². The van der Waals surface area contributed by atoms with Crippen LogP contribution in [-0.2, 0) is 11.3 Å². The van der Waals surface area contributed by atoms with Gasteiger partial charge in [0.25, 0.3) is 0 Å². The Hall–Kier alpha value is -1.62. The molecule has 5 heteroatoms. The normalized spacial score (nSPS) is 10.6. The van der Waals surface area contributed by atoms with Crippen molar-refractivity contribution >= 4 is 21.8 Å². The summed E-state index contributed by atoms with van der Waals surface area (Å²) in [4.78, 5) is 10.9. The summed E-state index contributed by atoms with van der Waals surface area (Å²) in [7, 11) is 0.